The van der Waals surface area contributed by atoms with E-state index in [9.17, 15) is 14.7 Å². The summed E-state index contributed by atoms with van der Waals surface area (Å²) >= 11 is 0. The molecule has 8 heteroatoms. The van der Waals surface area contributed by atoms with Crippen molar-refractivity contribution < 1.29 is 24.2 Å². The highest BCUT2D eigenvalue weighted by Crippen LogP contribution is 2.41. The number of rotatable bonds is 4. The highest BCUT2D eigenvalue weighted by Gasteiger charge is 2.41. The van der Waals surface area contributed by atoms with Crippen molar-refractivity contribution in [2.24, 2.45) is 0 Å². The SMILES string of the molecule is CC1(C)OC(=O)C(=C(Nc2cc(C(C)(C)C)c(O)c(C(C)(C)C)c2)Nc2ccccn2)C(=O)O1. The van der Waals surface area contributed by atoms with Crippen LogP contribution in [0.2, 0.25) is 0 Å². The molecule has 0 saturated carbocycles. The first-order valence-corrected chi connectivity index (χ1v) is 11.1. The minimum absolute atomic E-state index is 0.0645. The number of carbonyl (C=O) groups excluding carboxylic acids is 2. The van der Waals surface area contributed by atoms with E-state index in [2.05, 4.69) is 15.6 Å². The van der Waals surface area contributed by atoms with Crippen LogP contribution in [0.4, 0.5) is 11.5 Å². The normalized spacial score (nSPS) is 15.9. The Bertz CT molecular complexity index is 1080. The molecule has 1 aromatic heterocycles. The summed E-state index contributed by atoms with van der Waals surface area (Å²) in [4.78, 5) is 29.9. The molecule has 8 nitrogen and oxygen atoms in total. The van der Waals surface area contributed by atoms with Crippen LogP contribution in [-0.2, 0) is 29.9 Å². The van der Waals surface area contributed by atoms with E-state index < -0.39 is 17.7 Å². The van der Waals surface area contributed by atoms with E-state index in [-0.39, 0.29) is 28.0 Å². The molecule has 0 atom stereocenters. The topological polar surface area (TPSA) is 110 Å². The Morgan fingerprint density at radius 3 is 1.88 bits per heavy atom. The maximum atomic E-state index is 12.8. The van der Waals surface area contributed by atoms with E-state index in [0.717, 1.165) is 11.1 Å². The van der Waals surface area contributed by atoms with E-state index in [1.54, 1.807) is 36.5 Å². The number of anilines is 2. The summed E-state index contributed by atoms with van der Waals surface area (Å²) in [5, 5.41) is 17.2. The maximum absolute atomic E-state index is 12.8. The number of ether oxygens (including phenoxy) is 2. The highest BCUT2D eigenvalue weighted by atomic mass is 16.7. The molecule has 0 amide bonds. The van der Waals surface area contributed by atoms with Crippen LogP contribution < -0.4 is 10.6 Å². The van der Waals surface area contributed by atoms with Gasteiger partial charge in [0.05, 0.1) is 0 Å². The van der Waals surface area contributed by atoms with Gasteiger partial charge in [-0.2, -0.15) is 0 Å². The maximum Gasteiger partial charge on any atom is 0.352 e. The number of aromatic hydroxyl groups is 1. The fraction of sp³-hybridized carbons (Fsp3) is 0.423. The van der Waals surface area contributed by atoms with Gasteiger partial charge in [0, 0.05) is 36.9 Å². The Balaban J connectivity index is 2.18. The molecule has 1 aliphatic rings. The lowest BCUT2D eigenvalue weighted by Crippen LogP contribution is -2.43. The number of nitrogens with zero attached hydrogens (tertiary/aromatic N) is 1. The van der Waals surface area contributed by atoms with Gasteiger partial charge in [-0.25, -0.2) is 14.6 Å². The van der Waals surface area contributed by atoms with Gasteiger partial charge in [-0.05, 0) is 35.1 Å². The van der Waals surface area contributed by atoms with Gasteiger partial charge in [-0.1, -0.05) is 47.6 Å². The third-order valence-electron chi connectivity index (χ3n) is 5.25. The van der Waals surface area contributed by atoms with Crippen molar-refractivity contribution in [3.05, 3.63) is 59.0 Å². The molecule has 2 aromatic rings. The van der Waals surface area contributed by atoms with Crippen LogP contribution in [0.3, 0.4) is 0 Å². The zero-order chi connectivity index (χ0) is 25.5. The van der Waals surface area contributed by atoms with E-state index in [4.69, 9.17) is 9.47 Å². The summed E-state index contributed by atoms with van der Waals surface area (Å²) in [6.07, 6.45) is 1.58. The Hall–Kier alpha value is -3.55. The van der Waals surface area contributed by atoms with E-state index >= 15 is 0 Å². The molecule has 0 bridgehead atoms. The fourth-order valence-electron chi connectivity index (χ4n) is 3.57. The molecule has 182 valence electrons. The first-order valence-electron chi connectivity index (χ1n) is 11.1. The number of benzene rings is 1. The number of esters is 2. The number of phenols is 1. The first kappa shape index (κ1) is 25.1. The number of hydrogen-bond donors (Lipinski definition) is 3. The number of cyclic esters (lactones) is 2. The molecule has 1 aliphatic heterocycles. The molecule has 0 aliphatic carbocycles. The summed E-state index contributed by atoms with van der Waals surface area (Å²) in [5.74, 6) is -2.32. The molecule has 1 aromatic carbocycles. The lowest BCUT2D eigenvalue weighted by molar-refractivity contribution is -0.222. The molecule has 0 radical (unpaired) electrons. The van der Waals surface area contributed by atoms with Gasteiger partial charge >= 0.3 is 11.9 Å². The van der Waals surface area contributed by atoms with Crippen molar-refractivity contribution >= 4 is 23.4 Å². The second kappa shape index (κ2) is 8.66. The molecule has 0 spiro atoms. The monoisotopic (exact) mass is 467 g/mol. The zero-order valence-electron chi connectivity index (χ0n) is 21.0. The number of hydrogen-bond acceptors (Lipinski definition) is 8. The summed E-state index contributed by atoms with van der Waals surface area (Å²) < 4.78 is 10.6. The lowest BCUT2D eigenvalue weighted by atomic mass is 9.79. The number of pyridine rings is 1. The smallest absolute Gasteiger partial charge is 0.352 e. The van der Waals surface area contributed by atoms with Crippen LogP contribution in [0.15, 0.2) is 47.9 Å². The third kappa shape index (κ3) is 5.50. The third-order valence-corrected chi connectivity index (χ3v) is 5.25. The Morgan fingerprint density at radius 1 is 0.912 bits per heavy atom. The Morgan fingerprint density at radius 2 is 1.44 bits per heavy atom. The van der Waals surface area contributed by atoms with E-state index in [1.807, 2.05) is 41.5 Å². The molecular weight excluding hydrogens is 434 g/mol. The minimum atomic E-state index is -1.37. The predicted octanol–water partition coefficient (Wildman–Crippen LogP) is 4.95. The molecule has 1 fully saturated rings. The molecule has 0 unspecified atom stereocenters. The molecule has 3 rings (SSSR count). The van der Waals surface area contributed by atoms with Crippen LogP contribution >= 0.6 is 0 Å². The molecule has 34 heavy (non-hydrogen) atoms. The lowest BCUT2D eigenvalue weighted by Gasteiger charge is -2.31. The average Bonchev–Trinajstić information content (AvgIpc) is 2.66. The standard InChI is InChI=1S/C26H33N3O5/c1-24(2,3)16-13-15(14-17(20(16)30)25(4,5)6)28-21(29-18-11-9-10-12-27-18)19-22(31)33-26(7,8)34-23(19)32/h9-14,28,30H,1-8H3,(H,27,29). The van der Waals surface area contributed by atoms with Crippen LogP contribution in [0, 0.1) is 0 Å². The van der Waals surface area contributed by atoms with Crippen LogP contribution in [0.5, 0.6) is 5.75 Å². The largest absolute Gasteiger partial charge is 0.507 e. The van der Waals surface area contributed by atoms with Gasteiger partial charge in [-0.15, -0.1) is 0 Å². The second-order valence-corrected chi connectivity index (χ2v) is 10.8. The van der Waals surface area contributed by atoms with E-state index in [1.165, 1.54) is 13.8 Å². The summed E-state index contributed by atoms with van der Waals surface area (Å²) in [6, 6.07) is 8.82. The Kier molecular flexibility index (Phi) is 6.39. The Labute approximate surface area is 200 Å². The summed E-state index contributed by atoms with van der Waals surface area (Å²) in [6.45, 7) is 15.0. The van der Waals surface area contributed by atoms with Gasteiger partial charge in [0.25, 0.3) is 5.79 Å². The van der Waals surface area contributed by atoms with Gasteiger partial charge in [-0.3, -0.25) is 0 Å². The van der Waals surface area contributed by atoms with Crippen molar-refractivity contribution in [1.82, 2.24) is 4.98 Å². The number of phenolic OH excluding ortho intramolecular Hbond substituents is 1. The van der Waals surface area contributed by atoms with Crippen LogP contribution in [0.25, 0.3) is 0 Å². The number of aromatic nitrogens is 1. The molecular formula is C26H33N3O5. The van der Waals surface area contributed by atoms with Gasteiger partial charge < -0.3 is 25.2 Å². The van der Waals surface area contributed by atoms with Crippen molar-refractivity contribution in [1.29, 1.82) is 0 Å². The minimum Gasteiger partial charge on any atom is -0.507 e. The van der Waals surface area contributed by atoms with Crippen LogP contribution in [-0.4, -0.2) is 27.8 Å². The van der Waals surface area contributed by atoms with Gasteiger partial charge in [0.15, 0.2) is 5.57 Å². The first-order chi connectivity index (χ1) is 15.6. The van der Waals surface area contributed by atoms with Gasteiger partial charge in [0.2, 0.25) is 0 Å². The number of nitrogens with one attached hydrogen (secondary N) is 2. The molecule has 3 N–H and O–H groups in total. The van der Waals surface area contributed by atoms with Crippen molar-refractivity contribution in [3.8, 4) is 5.75 Å². The average molecular weight is 468 g/mol. The van der Waals surface area contributed by atoms with Gasteiger partial charge in [0.1, 0.15) is 17.4 Å². The van der Waals surface area contributed by atoms with Crippen molar-refractivity contribution in [2.75, 3.05) is 10.6 Å². The predicted molar refractivity (Wildman–Crippen MR) is 130 cm³/mol. The van der Waals surface area contributed by atoms with Crippen molar-refractivity contribution in [3.63, 3.8) is 0 Å². The van der Waals surface area contributed by atoms with E-state index in [0.29, 0.717) is 11.5 Å². The highest BCUT2D eigenvalue weighted by molar-refractivity contribution is 6.16. The summed E-state index contributed by atoms with van der Waals surface area (Å²) in [5.41, 5.74) is 0.975. The zero-order valence-corrected chi connectivity index (χ0v) is 21.0. The summed E-state index contributed by atoms with van der Waals surface area (Å²) in [7, 11) is 0. The fourth-order valence-corrected chi connectivity index (χ4v) is 3.57. The van der Waals surface area contributed by atoms with Crippen LogP contribution in [0.1, 0.15) is 66.5 Å². The molecule has 1 saturated heterocycles. The second-order valence-electron chi connectivity index (χ2n) is 10.8. The van der Waals surface area contributed by atoms with Crippen molar-refractivity contribution in [2.45, 2.75) is 72.0 Å². The molecule has 2 heterocycles. The quantitative estimate of drug-likeness (QED) is 0.251. The number of carbonyl (C=O) groups is 2.